The minimum atomic E-state index is -1.26. The Morgan fingerprint density at radius 1 is 1.02 bits per heavy atom. The molecule has 0 amide bonds. The number of thiophene rings is 1. The molecule has 2 aromatic carbocycles. The van der Waals surface area contributed by atoms with Crippen molar-refractivity contribution in [3.05, 3.63) is 94.1 Å². The van der Waals surface area contributed by atoms with E-state index < -0.39 is 11.9 Å². The van der Waals surface area contributed by atoms with Crippen LogP contribution in [0.2, 0.25) is 0 Å². The van der Waals surface area contributed by atoms with Crippen molar-refractivity contribution < 1.29 is 19.8 Å². The largest absolute Gasteiger partial charge is 0.478 e. The first-order valence-corrected chi connectivity index (χ1v) is 15.8. The summed E-state index contributed by atoms with van der Waals surface area (Å²) >= 11 is 7.61. The number of nitrogens with one attached hydrogen (secondary N) is 1. The molecule has 0 atom stereocenters. The molecule has 0 aliphatic heterocycles. The van der Waals surface area contributed by atoms with Gasteiger partial charge < -0.3 is 20.4 Å². The molecule has 2 aromatic heterocycles. The van der Waals surface area contributed by atoms with Gasteiger partial charge in [0.25, 0.3) is 0 Å². The number of carboxylic acids is 2. The van der Waals surface area contributed by atoms with Gasteiger partial charge >= 0.3 is 11.9 Å². The maximum absolute atomic E-state index is 9.55. The van der Waals surface area contributed by atoms with Crippen LogP contribution in [-0.4, -0.2) is 62.0 Å². The summed E-state index contributed by atoms with van der Waals surface area (Å²) in [5, 5.41) is 24.9. The summed E-state index contributed by atoms with van der Waals surface area (Å²) in [7, 11) is 2.22. The molecular weight excluding hydrogens is 593 g/mol. The number of thiocarbonyl (C=S) groups is 1. The van der Waals surface area contributed by atoms with E-state index in [-0.39, 0.29) is 0 Å². The molecular formula is C34H42N4O4S2. The van der Waals surface area contributed by atoms with Crippen molar-refractivity contribution in [3.63, 3.8) is 0 Å². The van der Waals surface area contributed by atoms with Crippen LogP contribution < -0.4 is 5.32 Å². The van der Waals surface area contributed by atoms with E-state index >= 15 is 0 Å². The molecule has 44 heavy (non-hydrogen) atoms. The Morgan fingerprint density at radius 2 is 1.66 bits per heavy atom. The van der Waals surface area contributed by atoms with Gasteiger partial charge in [0.05, 0.1) is 6.20 Å². The molecule has 0 saturated heterocycles. The van der Waals surface area contributed by atoms with Gasteiger partial charge in [-0.2, -0.15) is 5.10 Å². The number of rotatable bonds is 12. The van der Waals surface area contributed by atoms with Gasteiger partial charge in [-0.15, -0.1) is 11.3 Å². The highest BCUT2D eigenvalue weighted by Crippen LogP contribution is 2.33. The van der Waals surface area contributed by atoms with Crippen LogP contribution in [0.5, 0.6) is 0 Å². The number of anilines is 1. The summed E-state index contributed by atoms with van der Waals surface area (Å²) in [6.45, 7) is 13.0. The molecule has 0 aliphatic carbocycles. The average Bonchev–Trinajstić information content (AvgIpc) is 3.58. The highest BCUT2D eigenvalue weighted by molar-refractivity contribution is 7.81. The van der Waals surface area contributed by atoms with Crippen LogP contribution >= 0.6 is 23.6 Å². The molecule has 0 unspecified atom stereocenters. The average molecular weight is 635 g/mol. The summed E-state index contributed by atoms with van der Waals surface area (Å²) in [4.78, 5) is 23.7. The number of fused-ring (bicyclic) bond motifs is 1. The zero-order valence-corrected chi connectivity index (χ0v) is 27.8. The fraction of sp³-hybridized carbons (Fsp3) is 0.353. The second-order valence-corrected chi connectivity index (χ2v) is 13.0. The molecule has 0 aliphatic rings. The van der Waals surface area contributed by atoms with Crippen LogP contribution in [0.15, 0.2) is 67.0 Å². The second kappa shape index (κ2) is 16.3. The molecule has 10 heteroatoms. The van der Waals surface area contributed by atoms with E-state index in [1.165, 1.54) is 31.7 Å². The number of nitrogens with zero attached hydrogens (tertiary/aromatic N) is 3. The predicted molar refractivity (Wildman–Crippen MR) is 184 cm³/mol. The number of carboxylic acid groups (broad SMARTS) is 2. The lowest BCUT2D eigenvalue weighted by Gasteiger charge is -2.16. The molecule has 0 saturated carbocycles. The quantitative estimate of drug-likeness (QED) is 0.110. The third-order valence-electron chi connectivity index (χ3n) is 7.17. The number of hydrogen-bond donors (Lipinski definition) is 3. The van der Waals surface area contributed by atoms with Crippen molar-refractivity contribution in [2.24, 2.45) is 0 Å². The Balaban J connectivity index is 0.000000583. The van der Waals surface area contributed by atoms with Gasteiger partial charge in [-0.05, 0) is 86.9 Å². The third kappa shape index (κ3) is 10.4. The zero-order valence-electron chi connectivity index (χ0n) is 26.2. The van der Waals surface area contributed by atoms with Crippen LogP contribution in [0.25, 0.3) is 10.1 Å². The van der Waals surface area contributed by atoms with Gasteiger partial charge in [0.2, 0.25) is 0 Å². The standard InChI is InChI=1S/C30H38N4S2.C4H4O4/c1-20(2)24-7-9-25(10-8-24)30(35)32-26-11-12-29-28(17-26)27(22(5)36-29)14-16-33(6)15-13-23-18-31-34(19-23)21(3)4;5-3(6)1-2-4(7)8/h7-12,17-21H,13-16H2,1-6H3,(H,32,35);1-2H,(H,5,6)(H,7,8)/b;2-1+. The van der Waals surface area contributed by atoms with Gasteiger partial charge in [-0.25, -0.2) is 9.59 Å². The van der Waals surface area contributed by atoms with E-state index in [0.717, 1.165) is 42.2 Å². The van der Waals surface area contributed by atoms with E-state index in [1.807, 2.05) is 22.2 Å². The number of hydrogen-bond acceptors (Lipinski definition) is 6. The third-order valence-corrected chi connectivity index (χ3v) is 8.63. The van der Waals surface area contributed by atoms with Gasteiger partial charge in [0.15, 0.2) is 0 Å². The smallest absolute Gasteiger partial charge is 0.328 e. The van der Waals surface area contributed by atoms with Crippen molar-refractivity contribution >= 4 is 56.3 Å². The highest BCUT2D eigenvalue weighted by atomic mass is 32.1. The molecule has 0 spiro atoms. The van der Waals surface area contributed by atoms with Crippen molar-refractivity contribution in [1.29, 1.82) is 0 Å². The number of benzene rings is 2. The van der Waals surface area contributed by atoms with Crippen LogP contribution in [0, 0.1) is 6.92 Å². The topological polar surface area (TPSA) is 108 Å². The van der Waals surface area contributed by atoms with Crippen LogP contribution in [-0.2, 0) is 22.4 Å². The minimum Gasteiger partial charge on any atom is -0.478 e. The first-order valence-electron chi connectivity index (χ1n) is 14.6. The van der Waals surface area contributed by atoms with Gasteiger partial charge in [0, 0.05) is 58.3 Å². The maximum atomic E-state index is 9.55. The lowest BCUT2D eigenvalue weighted by molar-refractivity contribution is -0.134. The zero-order chi connectivity index (χ0) is 32.4. The van der Waals surface area contributed by atoms with Crippen molar-refractivity contribution in [1.82, 2.24) is 14.7 Å². The molecule has 4 aromatic rings. The number of aromatic nitrogens is 2. The molecule has 8 nitrogen and oxygen atoms in total. The molecule has 2 heterocycles. The van der Waals surface area contributed by atoms with E-state index in [4.69, 9.17) is 22.4 Å². The Hall–Kier alpha value is -3.86. The van der Waals surface area contributed by atoms with E-state index in [1.54, 1.807) is 0 Å². The minimum absolute atomic E-state index is 0.408. The second-order valence-electron chi connectivity index (χ2n) is 11.3. The number of aliphatic carboxylic acids is 2. The maximum Gasteiger partial charge on any atom is 0.328 e. The Morgan fingerprint density at radius 3 is 2.23 bits per heavy atom. The predicted octanol–water partition coefficient (Wildman–Crippen LogP) is 7.33. The highest BCUT2D eigenvalue weighted by Gasteiger charge is 2.12. The lowest BCUT2D eigenvalue weighted by Crippen LogP contribution is -2.23. The van der Waals surface area contributed by atoms with E-state index in [0.29, 0.717) is 24.1 Å². The molecule has 234 valence electrons. The Labute approximate surface area is 269 Å². The van der Waals surface area contributed by atoms with Crippen molar-refractivity contribution in [2.45, 2.75) is 59.4 Å². The number of carbonyl (C=O) groups is 2. The van der Waals surface area contributed by atoms with Crippen LogP contribution in [0.1, 0.15) is 66.8 Å². The Kier molecular flexibility index (Phi) is 12.8. The van der Waals surface area contributed by atoms with Gasteiger partial charge in [-0.1, -0.05) is 50.3 Å². The summed E-state index contributed by atoms with van der Waals surface area (Å²) in [6, 6.07) is 15.6. The number of likely N-dealkylation sites (N-methyl/N-ethyl adjacent to an activating group) is 1. The molecule has 0 fully saturated rings. The fourth-order valence-electron chi connectivity index (χ4n) is 4.55. The summed E-state index contributed by atoms with van der Waals surface area (Å²) in [5.41, 5.74) is 6.19. The fourth-order valence-corrected chi connectivity index (χ4v) is 5.90. The Bertz CT molecular complexity index is 1590. The van der Waals surface area contributed by atoms with Crippen molar-refractivity contribution in [3.8, 4) is 0 Å². The van der Waals surface area contributed by atoms with E-state index in [9.17, 15) is 9.59 Å². The molecule has 3 N–H and O–H groups in total. The van der Waals surface area contributed by atoms with E-state index in [2.05, 4.69) is 106 Å². The van der Waals surface area contributed by atoms with Gasteiger partial charge in [0.1, 0.15) is 4.99 Å². The summed E-state index contributed by atoms with van der Waals surface area (Å²) in [6.07, 6.45) is 7.35. The molecule has 0 bridgehead atoms. The summed E-state index contributed by atoms with van der Waals surface area (Å²) in [5.74, 6) is -1.99. The first kappa shape index (κ1) is 34.6. The van der Waals surface area contributed by atoms with Crippen LogP contribution in [0.4, 0.5) is 5.69 Å². The summed E-state index contributed by atoms with van der Waals surface area (Å²) < 4.78 is 3.37. The lowest BCUT2D eigenvalue weighted by atomic mass is 10.0. The van der Waals surface area contributed by atoms with Crippen LogP contribution in [0.3, 0.4) is 0 Å². The SMILES string of the molecule is Cc1sc2ccc(NC(=S)c3ccc(C(C)C)cc3)cc2c1CCN(C)CCc1cnn(C(C)C)c1.O=C(O)/C=C/C(=O)O. The first-order chi connectivity index (χ1) is 20.8. The normalized spacial score (nSPS) is 11.4. The molecule has 4 rings (SSSR count). The number of aryl methyl sites for hydroxylation is 1. The van der Waals surface area contributed by atoms with Gasteiger partial charge in [-0.3, -0.25) is 4.68 Å². The monoisotopic (exact) mass is 634 g/mol. The molecule has 0 radical (unpaired) electrons. The van der Waals surface area contributed by atoms with Crippen molar-refractivity contribution in [2.75, 3.05) is 25.5 Å².